The zero-order chi connectivity index (χ0) is 21.9. The second kappa shape index (κ2) is 12.7. The number of ketones is 1. The van der Waals surface area contributed by atoms with Crippen LogP contribution >= 0.6 is 0 Å². The van der Waals surface area contributed by atoms with Crippen LogP contribution in [0.4, 0.5) is 0 Å². The number of unbranched alkanes of at least 4 members (excludes halogenated alkanes) is 6. The second-order valence-corrected chi connectivity index (χ2v) is 9.19. The van der Waals surface area contributed by atoms with Gasteiger partial charge in [-0.2, -0.15) is 0 Å². The minimum absolute atomic E-state index is 0.0965. The number of hydrogen-bond acceptors (Lipinski definition) is 2. The summed E-state index contributed by atoms with van der Waals surface area (Å²) >= 11 is 0. The standard InChI is InChI=1S/C29H40O2/c1-3-5-6-7-8-9-10-21-31-27-18-16-25(17-19-27)24-12-14-26(15-13-24)28-20-11-23(4-2)22-29(28)30/h12-19,23,28H,3-11,20-22H2,1-2H3/t23-,28+/m1/s1. The Hall–Kier alpha value is -2.09. The zero-order valence-corrected chi connectivity index (χ0v) is 19.6. The molecule has 2 aromatic carbocycles. The van der Waals surface area contributed by atoms with E-state index in [9.17, 15) is 4.79 Å². The van der Waals surface area contributed by atoms with Crippen molar-refractivity contribution in [3.05, 3.63) is 54.1 Å². The Morgan fingerprint density at radius 2 is 1.39 bits per heavy atom. The fraction of sp³-hybridized carbons (Fsp3) is 0.552. The van der Waals surface area contributed by atoms with Crippen LogP contribution in [0, 0.1) is 5.92 Å². The Labute approximate surface area is 189 Å². The van der Waals surface area contributed by atoms with Crippen molar-refractivity contribution in [2.45, 2.75) is 90.4 Å². The monoisotopic (exact) mass is 420 g/mol. The van der Waals surface area contributed by atoms with Crippen molar-refractivity contribution in [3.63, 3.8) is 0 Å². The summed E-state index contributed by atoms with van der Waals surface area (Å²) < 4.78 is 5.92. The molecule has 0 radical (unpaired) electrons. The fourth-order valence-electron chi connectivity index (χ4n) is 4.69. The molecular weight excluding hydrogens is 380 g/mol. The Kier molecular flexibility index (Phi) is 9.65. The number of Topliss-reactive ketones (excluding diaryl/α,β-unsaturated/α-hetero) is 1. The van der Waals surface area contributed by atoms with E-state index in [1.54, 1.807) is 0 Å². The highest BCUT2D eigenvalue weighted by molar-refractivity contribution is 5.86. The van der Waals surface area contributed by atoms with Gasteiger partial charge in [-0.15, -0.1) is 0 Å². The third-order valence-corrected chi connectivity index (χ3v) is 6.84. The van der Waals surface area contributed by atoms with Gasteiger partial charge in [0.25, 0.3) is 0 Å². The number of carbonyl (C=O) groups is 1. The van der Waals surface area contributed by atoms with E-state index in [2.05, 4.69) is 62.4 Å². The first kappa shape index (κ1) is 23.6. The molecule has 0 N–H and O–H groups in total. The van der Waals surface area contributed by atoms with E-state index in [-0.39, 0.29) is 5.92 Å². The Morgan fingerprint density at radius 3 is 2.00 bits per heavy atom. The number of hydrogen-bond donors (Lipinski definition) is 0. The van der Waals surface area contributed by atoms with Gasteiger partial charge in [-0.1, -0.05) is 95.2 Å². The van der Waals surface area contributed by atoms with Crippen LogP contribution < -0.4 is 4.74 Å². The highest BCUT2D eigenvalue weighted by Crippen LogP contribution is 2.35. The smallest absolute Gasteiger partial charge is 0.140 e. The average Bonchev–Trinajstić information content (AvgIpc) is 2.81. The van der Waals surface area contributed by atoms with Crippen LogP contribution in [0.25, 0.3) is 11.1 Å². The maximum Gasteiger partial charge on any atom is 0.140 e. The third kappa shape index (κ3) is 7.23. The van der Waals surface area contributed by atoms with Gasteiger partial charge in [0.15, 0.2) is 0 Å². The van der Waals surface area contributed by atoms with Crippen LogP contribution in [0.15, 0.2) is 48.5 Å². The predicted octanol–water partition coefficient (Wildman–Crippen LogP) is 8.35. The lowest BCUT2D eigenvalue weighted by molar-refractivity contribution is -0.123. The van der Waals surface area contributed by atoms with Crippen LogP contribution in [0.5, 0.6) is 5.75 Å². The molecular formula is C29H40O2. The maximum atomic E-state index is 12.5. The van der Waals surface area contributed by atoms with E-state index in [1.165, 1.54) is 61.6 Å². The van der Waals surface area contributed by atoms with Gasteiger partial charge in [-0.3, -0.25) is 4.79 Å². The molecule has 1 aliphatic carbocycles. The highest BCUT2D eigenvalue weighted by Gasteiger charge is 2.28. The molecule has 31 heavy (non-hydrogen) atoms. The molecule has 0 bridgehead atoms. The largest absolute Gasteiger partial charge is 0.494 e. The van der Waals surface area contributed by atoms with Crippen LogP contribution in [0.2, 0.25) is 0 Å². The molecule has 2 atom stereocenters. The lowest BCUT2D eigenvalue weighted by Crippen LogP contribution is -2.23. The molecule has 2 aromatic rings. The SMILES string of the molecule is CCCCCCCCCOc1ccc(-c2ccc([C@@H]3CC[C@@H](CC)CC3=O)cc2)cc1. The summed E-state index contributed by atoms with van der Waals surface area (Å²) in [7, 11) is 0. The molecule has 0 unspecified atom stereocenters. The fourth-order valence-corrected chi connectivity index (χ4v) is 4.69. The normalized spacial score (nSPS) is 18.8. The van der Waals surface area contributed by atoms with Crippen LogP contribution in [0.1, 0.15) is 96.0 Å². The number of rotatable bonds is 12. The molecule has 2 heteroatoms. The Morgan fingerprint density at radius 1 is 0.774 bits per heavy atom. The lowest BCUT2D eigenvalue weighted by Gasteiger charge is -2.27. The van der Waals surface area contributed by atoms with Gasteiger partial charge >= 0.3 is 0 Å². The van der Waals surface area contributed by atoms with Gasteiger partial charge in [-0.05, 0) is 54.0 Å². The van der Waals surface area contributed by atoms with Crippen molar-refractivity contribution in [1.82, 2.24) is 0 Å². The number of ether oxygens (including phenoxy) is 1. The molecule has 0 heterocycles. The van der Waals surface area contributed by atoms with Gasteiger partial charge in [-0.25, -0.2) is 0 Å². The molecule has 2 nitrogen and oxygen atoms in total. The highest BCUT2D eigenvalue weighted by atomic mass is 16.5. The summed E-state index contributed by atoms with van der Waals surface area (Å²) in [5.41, 5.74) is 3.56. The van der Waals surface area contributed by atoms with Gasteiger partial charge in [0.1, 0.15) is 11.5 Å². The molecule has 168 valence electrons. The Balaban J connectivity index is 1.45. The van der Waals surface area contributed by atoms with Gasteiger partial charge in [0, 0.05) is 12.3 Å². The van der Waals surface area contributed by atoms with Crippen LogP contribution in [-0.4, -0.2) is 12.4 Å². The minimum atomic E-state index is 0.0965. The molecule has 0 aromatic heterocycles. The number of benzene rings is 2. The van der Waals surface area contributed by atoms with Crippen molar-refractivity contribution in [2.24, 2.45) is 5.92 Å². The lowest BCUT2D eigenvalue weighted by atomic mass is 9.77. The van der Waals surface area contributed by atoms with E-state index < -0.39 is 0 Å². The second-order valence-electron chi connectivity index (χ2n) is 9.19. The van der Waals surface area contributed by atoms with E-state index in [0.29, 0.717) is 11.7 Å². The van der Waals surface area contributed by atoms with Gasteiger partial charge < -0.3 is 4.74 Å². The van der Waals surface area contributed by atoms with Crippen LogP contribution in [0.3, 0.4) is 0 Å². The van der Waals surface area contributed by atoms with Crippen LogP contribution in [-0.2, 0) is 4.79 Å². The maximum absolute atomic E-state index is 12.5. The molecule has 1 fully saturated rings. The van der Waals surface area contributed by atoms with E-state index >= 15 is 0 Å². The third-order valence-electron chi connectivity index (χ3n) is 6.84. The topological polar surface area (TPSA) is 26.3 Å². The molecule has 0 saturated heterocycles. The zero-order valence-electron chi connectivity index (χ0n) is 19.6. The molecule has 1 aliphatic rings. The van der Waals surface area contributed by atoms with Gasteiger partial charge in [0.05, 0.1) is 6.61 Å². The minimum Gasteiger partial charge on any atom is -0.494 e. The van der Waals surface area contributed by atoms with Crippen molar-refractivity contribution in [3.8, 4) is 16.9 Å². The van der Waals surface area contributed by atoms with Crippen molar-refractivity contribution in [1.29, 1.82) is 0 Å². The summed E-state index contributed by atoms with van der Waals surface area (Å²) in [5, 5.41) is 0. The average molecular weight is 421 g/mol. The summed E-state index contributed by atoms with van der Waals surface area (Å²) in [6.07, 6.45) is 13.2. The molecule has 0 aliphatic heterocycles. The van der Waals surface area contributed by atoms with E-state index in [1.807, 2.05) is 0 Å². The summed E-state index contributed by atoms with van der Waals surface area (Å²) in [6, 6.07) is 17.0. The molecule has 0 amide bonds. The summed E-state index contributed by atoms with van der Waals surface area (Å²) in [4.78, 5) is 12.5. The van der Waals surface area contributed by atoms with Gasteiger partial charge in [0.2, 0.25) is 0 Å². The van der Waals surface area contributed by atoms with Crippen molar-refractivity contribution >= 4 is 5.78 Å². The molecule has 0 spiro atoms. The summed E-state index contributed by atoms with van der Waals surface area (Å²) in [6.45, 7) is 5.25. The van der Waals surface area contributed by atoms with E-state index in [0.717, 1.165) is 38.0 Å². The predicted molar refractivity (Wildman–Crippen MR) is 131 cm³/mol. The first-order chi connectivity index (χ1) is 15.2. The first-order valence-corrected chi connectivity index (χ1v) is 12.6. The molecule has 3 rings (SSSR count). The first-order valence-electron chi connectivity index (χ1n) is 12.6. The molecule has 1 saturated carbocycles. The number of carbonyl (C=O) groups excluding carboxylic acids is 1. The van der Waals surface area contributed by atoms with Crippen molar-refractivity contribution in [2.75, 3.05) is 6.61 Å². The summed E-state index contributed by atoms with van der Waals surface area (Å²) in [5.74, 6) is 2.06. The van der Waals surface area contributed by atoms with E-state index in [4.69, 9.17) is 4.74 Å². The Bertz CT molecular complexity index is 775. The van der Waals surface area contributed by atoms with Crippen molar-refractivity contribution < 1.29 is 9.53 Å². The quantitative estimate of drug-likeness (QED) is 0.322.